The van der Waals surface area contributed by atoms with E-state index in [1.54, 1.807) is 0 Å². The standard InChI is InChI=1S/C15H21NO2/c1-12(2)18-14-7-5-13(6-8-14)11-15(17)16-9-3-4-10-16/h5-8,12H,3-4,9-11H2,1-2H3. The van der Waals surface area contributed by atoms with Gasteiger partial charge in [-0.25, -0.2) is 0 Å². The van der Waals surface area contributed by atoms with Gasteiger partial charge in [-0.05, 0) is 44.4 Å². The molecule has 1 fully saturated rings. The Labute approximate surface area is 109 Å². The van der Waals surface area contributed by atoms with E-state index in [1.165, 1.54) is 0 Å². The molecule has 0 N–H and O–H groups in total. The first-order valence-corrected chi connectivity index (χ1v) is 6.68. The minimum Gasteiger partial charge on any atom is -0.491 e. The lowest BCUT2D eigenvalue weighted by Gasteiger charge is -2.15. The number of hydrogen-bond donors (Lipinski definition) is 0. The minimum atomic E-state index is 0.182. The Bertz CT molecular complexity index is 391. The average molecular weight is 247 g/mol. The van der Waals surface area contributed by atoms with Crippen LogP contribution in [0.3, 0.4) is 0 Å². The number of rotatable bonds is 4. The molecule has 0 unspecified atom stereocenters. The molecule has 0 spiro atoms. The molecule has 1 heterocycles. The van der Waals surface area contributed by atoms with Gasteiger partial charge in [0.2, 0.25) is 5.91 Å². The van der Waals surface area contributed by atoms with Gasteiger partial charge < -0.3 is 9.64 Å². The van der Waals surface area contributed by atoms with Crippen LogP contribution in [-0.4, -0.2) is 30.0 Å². The number of carbonyl (C=O) groups is 1. The Hall–Kier alpha value is -1.51. The van der Waals surface area contributed by atoms with Crippen LogP contribution in [0.2, 0.25) is 0 Å². The summed E-state index contributed by atoms with van der Waals surface area (Å²) in [5, 5.41) is 0. The van der Waals surface area contributed by atoms with Gasteiger partial charge in [-0.15, -0.1) is 0 Å². The predicted molar refractivity (Wildman–Crippen MR) is 71.7 cm³/mol. The lowest BCUT2D eigenvalue weighted by atomic mass is 10.1. The molecular formula is C15H21NO2. The van der Waals surface area contributed by atoms with Crippen molar-refractivity contribution in [1.82, 2.24) is 4.90 Å². The van der Waals surface area contributed by atoms with E-state index in [0.29, 0.717) is 6.42 Å². The van der Waals surface area contributed by atoms with E-state index in [2.05, 4.69) is 0 Å². The molecule has 0 aliphatic carbocycles. The van der Waals surface area contributed by atoms with Crippen LogP contribution in [0.5, 0.6) is 5.75 Å². The molecule has 0 radical (unpaired) electrons. The Morgan fingerprint density at radius 1 is 1.22 bits per heavy atom. The summed E-state index contributed by atoms with van der Waals surface area (Å²) in [5.74, 6) is 1.10. The molecule has 3 nitrogen and oxygen atoms in total. The van der Waals surface area contributed by atoms with Gasteiger partial charge in [-0.3, -0.25) is 4.79 Å². The fraction of sp³-hybridized carbons (Fsp3) is 0.533. The Morgan fingerprint density at radius 3 is 2.39 bits per heavy atom. The first-order chi connectivity index (χ1) is 8.65. The van der Waals surface area contributed by atoms with Gasteiger partial charge in [0.25, 0.3) is 0 Å². The van der Waals surface area contributed by atoms with E-state index in [0.717, 1.165) is 37.2 Å². The molecule has 98 valence electrons. The number of benzene rings is 1. The average Bonchev–Trinajstić information content (AvgIpc) is 2.84. The Kier molecular flexibility index (Phi) is 4.24. The van der Waals surface area contributed by atoms with Crippen molar-refractivity contribution in [3.8, 4) is 5.75 Å². The summed E-state index contributed by atoms with van der Waals surface area (Å²) in [6.07, 6.45) is 2.98. The third-order valence-electron chi connectivity index (χ3n) is 3.11. The maximum atomic E-state index is 12.0. The van der Waals surface area contributed by atoms with Crippen molar-refractivity contribution in [2.75, 3.05) is 13.1 Å². The van der Waals surface area contributed by atoms with Gasteiger partial charge in [0, 0.05) is 13.1 Å². The molecule has 2 rings (SSSR count). The molecule has 1 amide bonds. The van der Waals surface area contributed by atoms with Crippen molar-refractivity contribution < 1.29 is 9.53 Å². The molecule has 1 aliphatic rings. The first kappa shape index (κ1) is 12.9. The summed E-state index contributed by atoms with van der Waals surface area (Å²) in [4.78, 5) is 13.9. The maximum absolute atomic E-state index is 12.0. The van der Waals surface area contributed by atoms with E-state index in [1.807, 2.05) is 43.0 Å². The van der Waals surface area contributed by atoms with Crippen LogP contribution in [0, 0.1) is 0 Å². The van der Waals surface area contributed by atoms with Crippen molar-refractivity contribution in [1.29, 1.82) is 0 Å². The highest BCUT2D eigenvalue weighted by Crippen LogP contribution is 2.16. The fourth-order valence-electron chi connectivity index (χ4n) is 2.21. The van der Waals surface area contributed by atoms with Crippen LogP contribution < -0.4 is 4.74 Å². The van der Waals surface area contributed by atoms with E-state index in [4.69, 9.17) is 4.74 Å². The fourth-order valence-corrected chi connectivity index (χ4v) is 2.21. The zero-order valence-corrected chi connectivity index (χ0v) is 11.2. The van der Waals surface area contributed by atoms with Gasteiger partial charge in [0.15, 0.2) is 0 Å². The van der Waals surface area contributed by atoms with Gasteiger partial charge in [-0.2, -0.15) is 0 Å². The molecule has 1 aromatic carbocycles. The zero-order chi connectivity index (χ0) is 13.0. The van der Waals surface area contributed by atoms with Crippen molar-refractivity contribution in [3.63, 3.8) is 0 Å². The third kappa shape index (κ3) is 3.49. The minimum absolute atomic E-state index is 0.182. The van der Waals surface area contributed by atoms with E-state index >= 15 is 0 Å². The molecule has 1 saturated heterocycles. The second-order valence-corrected chi connectivity index (χ2v) is 5.08. The summed E-state index contributed by atoms with van der Waals surface area (Å²) in [6.45, 7) is 5.86. The smallest absolute Gasteiger partial charge is 0.226 e. The monoisotopic (exact) mass is 247 g/mol. The van der Waals surface area contributed by atoms with Crippen molar-refractivity contribution in [2.24, 2.45) is 0 Å². The largest absolute Gasteiger partial charge is 0.491 e. The molecule has 0 saturated carbocycles. The number of amides is 1. The molecular weight excluding hydrogens is 226 g/mol. The zero-order valence-electron chi connectivity index (χ0n) is 11.2. The SMILES string of the molecule is CC(C)Oc1ccc(CC(=O)N2CCCC2)cc1. The summed E-state index contributed by atoms with van der Waals surface area (Å²) >= 11 is 0. The van der Waals surface area contributed by atoms with Crippen molar-refractivity contribution in [3.05, 3.63) is 29.8 Å². The normalized spacial score (nSPS) is 15.2. The number of hydrogen-bond acceptors (Lipinski definition) is 2. The molecule has 0 bridgehead atoms. The van der Waals surface area contributed by atoms with Crippen LogP contribution >= 0.6 is 0 Å². The summed E-state index contributed by atoms with van der Waals surface area (Å²) < 4.78 is 5.58. The predicted octanol–water partition coefficient (Wildman–Crippen LogP) is 2.64. The van der Waals surface area contributed by atoms with Crippen LogP contribution in [0.4, 0.5) is 0 Å². The van der Waals surface area contributed by atoms with E-state index in [9.17, 15) is 4.79 Å². The topological polar surface area (TPSA) is 29.5 Å². The van der Waals surface area contributed by atoms with Crippen LogP contribution in [0.1, 0.15) is 32.3 Å². The lowest BCUT2D eigenvalue weighted by molar-refractivity contribution is -0.129. The third-order valence-corrected chi connectivity index (χ3v) is 3.11. The summed E-state index contributed by atoms with van der Waals surface area (Å²) in [7, 11) is 0. The van der Waals surface area contributed by atoms with Gasteiger partial charge in [0.05, 0.1) is 12.5 Å². The molecule has 0 atom stereocenters. The quantitative estimate of drug-likeness (QED) is 0.818. The van der Waals surface area contributed by atoms with E-state index < -0.39 is 0 Å². The van der Waals surface area contributed by atoms with Crippen LogP contribution in [-0.2, 0) is 11.2 Å². The second-order valence-electron chi connectivity index (χ2n) is 5.08. The van der Waals surface area contributed by atoms with E-state index in [-0.39, 0.29) is 12.0 Å². The number of nitrogens with zero attached hydrogens (tertiary/aromatic N) is 1. The Balaban J connectivity index is 1.91. The summed E-state index contributed by atoms with van der Waals surface area (Å²) in [6, 6.07) is 7.83. The number of ether oxygens (including phenoxy) is 1. The molecule has 0 aromatic heterocycles. The number of carbonyl (C=O) groups excluding carboxylic acids is 1. The summed E-state index contributed by atoms with van der Waals surface area (Å²) in [5.41, 5.74) is 1.06. The maximum Gasteiger partial charge on any atom is 0.226 e. The molecule has 1 aliphatic heterocycles. The molecule has 18 heavy (non-hydrogen) atoms. The molecule has 1 aromatic rings. The second kappa shape index (κ2) is 5.89. The highest BCUT2D eigenvalue weighted by Gasteiger charge is 2.17. The highest BCUT2D eigenvalue weighted by molar-refractivity contribution is 5.79. The first-order valence-electron chi connectivity index (χ1n) is 6.68. The number of likely N-dealkylation sites (tertiary alicyclic amines) is 1. The van der Waals surface area contributed by atoms with Crippen molar-refractivity contribution >= 4 is 5.91 Å². The van der Waals surface area contributed by atoms with Crippen LogP contribution in [0.15, 0.2) is 24.3 Å². The highest BCUT2D eigenvalue weighted by atomic mass is 16.5. The molecule has 3 heteroatoms. The van der Waals surface area contributed by atoms with Crippen LogP contribution in [0.25, 0.3) is 0 Å². The van der Waals surface area contributed by atoms with Gasteiger partial charge >= 0.3 is 0 Å². The Morgan fingerprint density at radius 2 is 1.83 bits per heavy atom. The lowest BCUT2D eigenvalue weighted by Crippen LogP contribution is -2.29. The van der Waals surface area contributed by atoms with Gasteiger partial charge in [0.1, 0.15) is 5.75 Å². The van der Waals surface area contributed by atoms with Gasteiger partial charge in [-0.1, -0.05) is 12.1 Å². The van der Waals surface area contributed by atoms with Crippen molar-refractivity contribution in [2.45, 2.75) is 39.2 Å².